The van der Waals surface area contributed by atoms with Crippen LogP contribution in [0.15, 0.2) is 12.3 Å². The van der Waals surface area contributed by atoms with Gasteiger partial charge in [-0.1, -0.05) is 0 Å². The molecule has 0 bridgehead atoms. The van der Waals surface area contributed by atoms with Crippen molar-refractivity contribution in [1.29, 1.82) is 0 Å². The van der Waals surface area contributed by atoms with Gasteiger partial charge >= 0.3 is 0 Å². The molecule has 5 nitrogen and oxygen atoms in total. The Balaban J connectivity index is 2.09. The molecule has 0 atom stereocenters. The van der Waals surface area contributed by atoms with Crippen molar-refractivity contribution in [3.63, 3.8) is 0 Å². The normalized spacial score (nSPS) is 19.6. The van der Waals surface area contributed by atoms with Crippen LogP contribution in [0.4, 0.5) is 0 Å². The minimum absolute atomic E-state index is 0.282. The zero-order valence-electron chi connectivity index (χ0n) is 11.0. The first kappa shape index (κ1) is 13.6. The Kier molecular flexibility index (Phi) is 3.80. The van der Waals surface area contributed by atoms with Crippen LogP contribution >= 0.6 is 0 Å². The summed E-state index contributed by atoms with van der Waals surface area (Å²) in [5.74, 6) is -2.13. The van der Waals surface area contributed by atoms with Crippen molar-refractivity contribution in [2.75, 3.05) is 13.1 Å². The van der Waals surface area contributed by atoms with Gasteiger partial charge in [-0.3, -0.25) is 0 Å². The van der Waals surface area contributed by atoms with Crippen LogP contribution < -0.4 is 0 Å². The molecule has 0 saturated carbocycles. The molecule has 0 unspecified atom stereocenters. The Hall–Kier alpha value is -0.845. The van der Waals surface area contributed by atoms with Gasteiger partial charge in [-0.05, 0) is 45.8 Å². The van der Waals surface area contributed by atoms with Crippen LogP contribution in [0.25, 0.3) is 0 Å². The van der Waals surface area contributed by atoms with Crippen LogP contribution in [0.5, 0.6) is 0 Å². The van der Waals surface area contributed by atoms with Gasteiger partial charge in [0.2, 0.25) is 5.81 Å². The van der Waals surface area contributed by atoms with Crippen molar-refractivity contribution in [1.82, 2.24) is 14.7 Å². The molecule has 2 rings (SSSR count). The van der Waals surface area contributed by atoms with E-state index in [2.05, 4.69) is 23.8 Å². The summed E-state index contributed by atoms with van der Waals surface area (Å²) in [4.78, 5) is 2.42. The zero-order valence-corrected chi connectivity index (χ0v) is 11.0. The van der Waals surface area contributed by atoms with Crippen molar-refractivity contribution in [2.24, 2.45) is 0 Å². The van der Waals surface area contributed by atoms with E-state index in [0.717, 1.165) is 36.3 Å². The SMILES string of the molecule is [B]C(O)(O)n1nccc1C1CCN(C(C)C)CC1. The van der Waals surface area contributed by atoms with E-state index in [-0.39, 0.29) is 5.92 Å². The maximum absolute atomic E-state index is 9.45. The van der Waals surface area contributed by atoms with Gasteiger partial charge in [0.1, 0.15) is 0 Å². The first-order chi connectivity index (χ1) is 8.39. The third-order valence-corrected chi connectivity index (χ3v) is 3.66. The lowest BCUT2D eigenvalue weighted by Gasteiger charge is -2.35. The highest BCUT2D eigenvalue weighted by Gasteiger charge is 2.28. The maximum Gasteiger partial charge on any atom is 0.208 e. The summed E-state index contributed by atoms with van der Waals surface area (Å²) in [5.41, 5.74) is 0.797. The summed E-state index contributed by atoms with van der Waals surface area (Å²) >= 11 is 0. The molecule has 2 radical (unpaired) electrons. The van der Waals surface area contributed by atoms with E-state index in [9.17, 15) is 10.2 Å². The molecule has 0 spiro atoms. The van der Waals surface area contributed by atoms with E-state index < -0.39 is 5.81 Å². The van der Waals surface area contributed by atoms with E-state index in [1.165, 1.54) is 0 Å². The van der Waals surface area contributed by atoms with Gasteiger partial charge in [-0.25, -0.2) is 4.68 Å². The molecule has 6 heteroatoms. The molecule has 98 valence electrons. The van der Waals surface area contributed by atoms with Crippen molar-refractivity contribution in [3.05, 3.63) is 18.0 Å². The number of nitrogens with zero attached hydrogens (tertiary/aromatic N) is 3. The standard InChI is InChI=1S/C12H20BN3O2/c1-9(2)15-7-4-10(5-8-15)11-3-6-14-16(11)12(13,17)18/h3,6,9-10,17-18H,4-5,7-8H2,1-2H3. The lowest BCUT2D eigenvalue weighted by atomic mass is 9.92. The van der Waals surface area contributed by atoms with E-state index in [1.54, 1.807) is 6.20 Å². The number of hydrogen-bond acceptors (Lipinski definition) is 4. The Bertz CT molecular complexity index is 392. The Labute approximate surface area is 109 Å². The molecule has 1 aliphatic heterocycles. The summed E-state index contributed by atoms with van der Waals surface area (Å²) in [6.07, 6.45) is 3.53. The molecule has 2 heterocycles. The summed E-state index contributed by atoms with van der Waals surface area (Å²) < 4.78 is 1.10. The van der Waals surface area contributed by atoms with Gasteiger partial charge in [0.05, 0.1) is 0 Å². The Morgan fingerprint density at radius 1 is 1.39 bits per heavy atom. The smallest absolute Gasteiger partial charge is 0.208 e. The lowest BCUT2D eigenvalue weighted by molar-refractivity contribution is -0.162. The Morgan fingerprint density at radius 3 is 2.50 bits per heavy atom. The molecule has 2 N–H and O–H groups in total. The Morgan fingerprint density at radius 2 is 2.00 bits per heavy atom. The molecular weight excluding hydrogens is 229 g/mol. The van der Waals surface area contributed by atoms with E-state index in [4.69, 9.17) is 7.85 Å². The first-order valence-electron chi connectivity index (χ1n) is 6.41. The number of aromatic nitrogens is 2. The predicted molar refractivity (Wildman–Crippen MR) is 69.1 cm³/mol. The van der Waals surface area contributed by atoms with Gasteiger partial charge in [0.15, 0.2) is 7.85 Å². The number of likely N-dealkylation sites (tertiary alicyclic amines) is 1. The third-order valence-electron chi connectivity index (χ3n) is 3.66. The van der Waals surface area contributed by atoms with Crippen LogP contribution in [0.2, 0.25) is 0 Å². The molecule has 1 aromatic heterocycles. The first-order valence-corrected chi connectivity index (χ1v) is 6.41. The monoisotopic (exact) mass is 249 g/mol. The fraction of sp³-hybridized carbons (Fsp3) is 0.750. The van der Waals surface area contributed by atoms with Crippen LogP contribution in [-0.2, 0) is 5.81 Å². The highest BCUT2D eigenvalue weighted by atomic mass is 16.5. The minimum atomic E-state index is -2.41. The highest BCUT2D eigenvalue weighted by molar-refractivity contribution is 6.11. The average Bonchev–Trinajstić information content (AvgIpc) is 2.77. The van der Waals surface area contributed by atoms with E-state index in [1.807, 2.05) is 6.07 Å². The topological polar surface area (TPSA) is 61.5 Å². The molecule has 0 aromatic carbocycles. The van der Waals surface area contributed by atoms with E-state index in [0.29, 0.717) is 6.04 Å². The van der Waals surface area contributed by atoms with Crippen molar-refractivity contribution >= 4 is 7.85 Å². The maximum atomic E-state index is 9.45. The fourth-order valence-electron chi connectivity index (χ4n) is 2.61. The van der Waals surface area contributed by atoms with Crippen molar-refractivity contribution in [3.8, 4) is 0 Å². The third kappa shape index (κ3) is 2.76. The summed E-state index contributed by atoms with van der Waals surface area (Å²) in [6, 6.07) is 2.36. The van der Waals surface area contributed by atoms with Crippen LogP contribution in [-0.4, -0.2) is 51.9 Å². The van der Waals surface area contributed by atoms with Crippen molar-refractivity contribution < 1.29 is 10.2 Å². The van der Waals surface area contributed by atoms with Gasteiger partial charge < -0.3 is 15.1 Å². The summed E-state index contributed by atoms with van der Waals surface area (Å²) in [7, 11) is 5.29. The second-order valence-corrected chi connectivity index (χ2v) is 5.26. The highest BCUT2D eigenvalue weighted by Crippen LogP contribution is 2.29. The number of aliphatic hydroxyl groups is 2. The molecule has 0 amide bonds. The van der Waals surface area contributed by atoms with Crippen LogP contribution in [0.3, 0.4) is 0 Å². The molecule has 1 fully saturated rings. The second kappa shape index (κ2) is 5.03. The minimum Gasteiger partial charge on any atom is -0.356 e. The molecular formula is C12H20BN3O2. The number of rotatable bonds is 3. The van der Waals surface area contributed by atoms with Gasteiger partial charge in [0.25, 0.3) is 0 Å². The quantitative estimate of drug-likeness (QED) is 0.593. The molecule has 1 aromatic rings. The molecule has 18 heavy (non-hydrogen) atoms. The van der Waals surface area contributed by atoms with Crippen LogP contribution in [0, 0.1) is 0 Å². The second-order valence-electron chi connectivity index (χ2n) is 5.26. The summed E-state index contributed by atoms with van der Waals surface area (Å²) in [6.45, 7) is 6.41. The summed E-state index contributed by atoms with van der Waals surface area (Å²) in [5, 5.41) is 22.8. The van der Waals surface area contributed by atoms with E-state index >= 15 is 0 Å². The average molecular weight is 249 g/mol. The van der Waals surface area contributed by atoms with Gasteiger partial charge in [-0.2, -0.15) is 5.10 Å². The predicted octanol–water partition coefficient (Wildman–Crippen LogP) is 0.192. The molecule has 0 aliphatic carbocycles. The number of hydrogen-bond donors (Lipinski definition) is 2. The van der Waals surface area contributed by atoms with Crippen molar-refractivity contribution in [2.45, 2.75) is 44.5 Å². The van der Waals surface area contributed by atoms with Gasteiger partial charge in [-0.15, -0.1) is 0 Å². The molecule has 1 saturated heterocycles. The van der Waals surface area contributed by atoms with Crippen LogP contribution in [0.1, 0.15) is 38.3 Å². The zero-order chi connectivity index (χ0) is 13.3. The molecule has 1 aliphatic rings. The largest absolute Gasteiger partial charge is 0.356 e. The van der Waals surface area contributed by atoms with Gasteiger partial charge in [0, 0.05) is 23.9 Å². The number of piperidine rings is 1. The fourth-order valence-corrected chi connectivity index (χ4v) is 2.61. The lowest BCUT2D eigenvalue weighted by Crippen LogP contribution is -2.40.